The lowest BCUT2D eigenvalue weighted by atomic mass is 9.99. The number of allylic oxidation sites excluding steroid dienone is 2. The van der Waals surface area contributed by atoms with Crippen molar-refractivity contribution in [3.8, 4) is 0 Å². The van der Waals surface area contributed by atoms with Gasteiger partial charge in [0, 0.05) is 18.8 Å². The molecule has 1 saturated heterocycles. The SMILES string of the molecule is FC(F)(F)c1cccc(N=NC2=C3CCCCN3CCC2)c1. The maximum Gasteiger partial charge on any atom is 0.416 e. The van der Waals surface area contributed by atoms with Gasteiger partial charge in [0.2, 0.25) is 0 Å². The van der Waals surface area contributed by atoms with Gasteiger partial charge in [-0.15, -0.1) is 0 Å². The molecule has 0 bridgehead atoms. The van der Waals surface area contributed by atoms with Crippen molar-refractivity contribution in [1.82, 2.24) is 4.90 Å². The number of azo groups is 1. The van der Waals surface area contributed by atoms with E-state index in [1.807, 2.05) is 0 Å². The molecule has 2 aliphatic heterocycles. The fourth-order valence-corrected chi connectivity index (χ4v) is 3.01. The standard InChI is InChI=1S/C16H18F3N3/c17-16(18,19)12-5-3-6-13(11-12)20-21-14-7-4-10-22-9-2-1-8-15(14)22/h3,5-6,11H,1-2,4,7-10H2. The van der Waals surface area contributed by atoms with Crippen LogP contribution in [0.5, 0.6) is 0 Å². The molecular formula is C16H18F3N3. The number of piperidine rings is 1. The Hall–Kier alpha value is -1.85. The van der Waals surface area contributed by atoms with E-state index >= 15 is 0 Å². The second-order valence-corrected chi connectivity index (χ2v) is 5.69. The zero-order valence-corrected chi connectivity index (χ0v) is 12.2. The lowest BCUT2D eigenvalue weighted by molar-refractivity contribution is -0.137. The van der Waals surface area contributed by atoms with Crippen LogP contribution in [0.15, 0.2) is 45.9 Å². The third kappa shape index (κ3) is 3.31. The van der Waals surface area contributed by atoms with Gasteiger partial charge in [-0.25, -0.2) is 0 Å². The molecule has 118 valence electrons. The van der Waals surface area contributed by atoms with Gasteiger partial charge < -0.3 is 4.90 Å². The third-order valence-corrected chi connectivity index (χ3v) is 4.11. The van der Waals surface area contributed by atoms with Gasteiger partial charge in [-0.05, 0) is 50.3 Å². The molecule has 3 nitrogen and oxygen atoms in total. The number of benzene rings is 1. The minimum Gasteiger partial charge on any atom is -0.373 e. The number of hydrogen-bond acceptors (Lipinski definition) is 3. The number of alkyl halides is 3. The summed E-state index contributed by atoms with van der Waals surface area (Å²) in [5, 5.41) is 8.29. The first kappa shape index (κ1) is 15.1. The quantitative estimate of drug-likeness (QED) is 0.683. The Kier molecular flexibility index (Phi) is 4.18. The van der Waals surface area contributed by atoms with Crippen LogP contribution in [0.25, 0.3) is 0 Å². The smallest absolute Gasteiger partial charge is 0.373 e. The van der Waals surface area contributed by atoms with E-state index in [2.05, 4.69) is 15.1 Å². The zero-order chi connectivity index (χ0) is 15.6. The number of nitrogens with zero attached hydrogens (tertiary/aromatic N) is 3. The van der Waals surface area contributed by atoms with E-state index in [1.165, 1.54) is 18.2 Å². The molecule has 6 heteroatoms. The van der Waals surface area contributed by atoms with Crippen LogP contribution in [0.1, 0.15) is 37.7 Å². The van der Waals surface area contributed by atoms with E-state index in [-0.39, 0.29) is 5.69 Å². The van der Waals surface area contributed by atoms with Gasteiger partial charge in [-0.1, -0.05) is 6.07 Å². The monoisotopic (exact) mass is 309 g/mol. The molecule has 0 amide bonds. The fourth-order valence-electron chi connectivity index (χ4n) is 3.01. The van der Waals surface area contributed by atoms with Crippen LogP contribution in [0.2, 0.25) is 0 Å². The van der Waals surface area contributed by atoms with Crippen molar-refractivity contribution >= 4 is 5.69 Å². The van der Waals surface area contributed by atoms with Gasteiger partial charge in [-0.2, -0.15) is 23.4 Å². The molecule has 0 radical (unpaired) electrons. The van der Waals surface area contributed by atoms with Crippen molar-refractivity contribution in [3.05, 3.63) is 41.2 Å². The summed E-state index contributed by atoms with van der Waals surface area (Å²) >= 11 is 0. The number of hydrogen-bond donors (Lipinski definition) is 0. The van der Waals surface area contributed by atoms with Crippen LogP contribution in [0.4, 0.5) is 18.9 Å². The molecule has 1 fully saturated rings. The van der Waals surface area contributed by atoms with Gasteiger partial charge in [0.05, 0.1) is 16.9 Å². The molecular weight excluding hydrogens is 291 g/mol. The first-order valence-corrected chi connectivity index (χ1v) is 7.60. The van der Waals surface area contributed by atoms with Crippen molar-refractivity contribution in [2.24, 2.45) is 10.2 Å². The average molecular weight is 309 g/mol. The molecule has 0 aliphatic carbocycles. The molecule has 0 atom stereocenters. The summed E-state index contributed by atoms with van der Waals surface area (Å²) in [6.07, 6.45) is 0.875. The van der Waals surface area contributed by atoms with Crippen LogP contribution < -0.4 is 0 Å². The molecule has 2 heterocycles. The highest BCUT2D eigenvalue weighted by atomic mass is 19.4. The number of rotatable bonds is 2. The van der Waals surface area contributed by atoms with Gasteiger partial charge >= 0.3 is 6.18 Å². The molecule has 3 rings (SSSR count). The highest BCUT2D eigenvalue weighted by molar-refractivity contribution is 5.40. The van der Waals surface area contributed by atoms with E-state index in [4.69, 9.17) is 0 Å². The molecule has 0 unspecified atom stereocenters. The predicted molar refractivity (Wildman–Crippen MR) is 77.6 cm³/mol. The van der Waals surface area contributed by atoms with Crippen LogP contribution in [0, 0.1) is 0 Å². The Morgan fingerprint density at radius 2 is 1.77 bits per heavy atom. The second kappa shape index (κ2) is 6.10. The number of halogens is 3. The molecule has 0 N–H and O–H groups in total. The Bertz CT molecular complexity index is 605. The zero-order valence-electron chi connectivity index (χ0n) is 12.2. The Morgan fingerprint density at radius 1 is 0.955 bits per heavy atom. The van der Waals surface area contributed by atoms with Gasteiger partial charge in [0.1, 0.15) is 0 Å². The summed E-state index contributed by atoms with van der Waals surface area (Å²) in [4.78, 5) is 2.34. The van der Waals surface area contributed by atoms with Crippen molar-refractivity contribution in [1.29, 1.82) is 0 Å². The van der Waals surface area contributed by atoms with E-state index in [0.717, 1.165) is 56.6 Å². The molecule has 22 heavy (non-hydrogen) atoms. The molecule has 1 aromatic rings. The van der Waals surface area contributed by atoms with Crippen molar-refractivity contribution in [2.75, 3.05) is 13.1 Å². The lowest BCUT2D eigenvalue weighted by Gasteiger charge is -2.35. The van der Waals surface area contributed by atoms with Crippen LogP contribution >= 0.6 is 0 Å². The van der Waals surface area contributed by atoms with Crippen LogP contribution in [-0.2, 0) is 6.18 Å². The Balaban J connectivity index is 1.83. The molecule has 0 spiro atoms. The lowest BCUT2D eigenvalue weighted by Crippen LogP contribution is -2.32. The molecule has 0 aromatic heterocycles. The summed E-state index contributed by atoms with van der Waals surface area (Å²) in [6, 6.07) is 4.99. The third-order valence-electron chi connectivity index (χ3n) is 4.11. The van der Waals surface area contributed by atoms with Crippen molar-refractivity contribution in [3.63, 3.8) is 0 Å². The highest BCUT2D eigenvalue weighted by Crippen LogP contribution is 2.33. The minimum atomic E-state index is -4.35. The van der Waals surface area contributed by atoms with Crippen LogP contribution in [0.3, 0.4) is 0 Å². The fraction of sp³-hybridized carbons (Fsp3) is 0.500. The van der Waals surface area contributed by atoms with E-state index < -0.39 is 11.7 Å². The summed E-state index contributed by atoms with van der Waals surface area (Å²) in [5.74, 6) is 0. The van der Waals surface area contributed by atoms with Gasteiger partial charge in [0.25, 0.3) is 0 Å². The van der Waals surface area contributed by atoms with Gasteiger partial charge in [-0.3, -0.25) is 0 Å². The molecule has 1 aromatic carbocycles. The first-order chi connectivity index (χ1) is 10.5. The van der Waals surface area contributed by atoms with E-state index in [0.29, 0.717) is 0 Å². The second-order valence-electron chi connectivity index (χ2n) is 5.69. The summed E-state index contributed by atoms with van der Waals surface area (Å²) in [7, 11) is 0. The number of fused-ring (bicyclic) bond motifs is 1. The first-order valence-electron chi connectivity index (χ1n) is 7.60. The predicted octanol–water partition coefficient (Wildman–Crippen LogP) is 5.28. The summed E-state index contributed by atoms with van der Waals surface area (Å²) < 4.78 is 38.1. The molecule has 0 saturated carbocycles. The average Bonchev–Trinajstić information content (AvgIpc) is 2.52. The maximum atomic E-state index is 12.7. The Labute approximate surface area is 127 Å². The van der Waals surface area contributed by atoms with E-state index in [9.17, 15) is 13.2 Å². The van der Waals surface area contributed by atoms with E-state index in [1.54, 1.807) is 6.07 Å². The molecule has 2 aliphatic rings. The normalized spacial score (nSPS) is 19.7. The largest absolute Gasteiger partial charge is 0.416 e. The highest BCUT2D eigenvalue weighted by Gasteiger charge is 2.30. The topological polar surface area (TPSA) is 28.0 Å². The summed E-state index contributed by atoms with van der Waals surface area (Å²) in [6.45, 7) is 2.11. The van der Waals surface area contributed by atoms with Crippen molar-refractivity contribution < 1.29 is 13.2 Å². The minimum absolute atomic E-state index is 0.246. The summed E-state index contributed by atoms with van der Waals surface area (Å²) in [5.41, 5.74) is 1.72. The van der Waals surface area contributed by atoms with Crippen molar-refractivity contribution in [2.45, 2.75) is 38.3 Å². The van der Waals surface area contributed by atoms with Crippen LogP contribution in [-0.4, -0.2) is 18.0 Å². The Morgan fingerprint density at radius 3 is 2.59 bits per heavy atom. The maximum absolute atomic E-state index is 12.7. The van der Waals surface area contributed by atoms with Gasteiger partial charge in [0.15, 0.2) is 0 Å².